The molecular formula is C16H18N4O3. The summed E-state index contributed by atoms with van der Waals surface area (Å²) in [6.45, 7) is 1.68. The van der Waals surface area contributed by atoms with E-state index in [0.717, 1.165) is 37.4 Å². The van der Waals surface area contributed by atoms with Crippen molar-refractivity contribution in [2.24, 2.45) is 12.5 Å². The molecule has 2 aromatic rings. The van der Waals surface area contributed by atoms with Gasteiger partial charge in [0, 0.05) is 24.1 Å². The number of methoxy groups -OCH3 is 1. The minimum atomic E-state index is -0.446. The van der Waals surface area contributed by atoms with Crippen LogP contribution in [0.25, 0.3) is 11.5 Å². The third kappa shape index (κ3) is 2.31. The molecule has 0 unspecified atom stereocenters. The molecule has 1 saturated carbocycles. The summed E-state index contributed by atoms with van der Waals surface area (Å²) in [4.78, 5) is 25.1. The Hall–Kier alpha value is -2.28. The average Bonchev–Trinajstić information content (AvgIpc) is 2.89. The molecule has 0 radical (unpaired) electrons. The maximum Gasteiger partial charge on any atom is 0.356 e. The highest BCUT2D eigenvalue weighted by Crippen LogP contribution is 2.54. The van der Waals surface area contributed by atoms with E-state index >= 15 is 0 Å². The monoisotopic (exact) mass is 314 g/mol. The van der Waals surface area contributed by atoms with Crippen molar-refractivity contribution in [2.45, 2.75) is 18.8 Å². The highest BCUT2D eigenvalue weighted by atomic mass is 16.5. The minimum Gasteiger partial charge on any atom is -0.464 e. The summed E-state index contributed by atoms with van der Waals surface area (Å²) in [6.07, 6.45) is 5.49. The van der Waals surface area contributed by atoms with Crippen LogP contribution in [0.3, 0.4) is 0 Å². The summed E-state index contributed by atoms with van der Waals surface area (Å²) in [7, 11) is 3.23. The molecule has 1 aliphatic heterocycles. The lowest BCUT2D eigenvalue weighted by Gasteiger charge is -2.53. The molecule has 1 spiro atoms. The molecule has 0 aromatic carbocycles. The first-order valence-corrected chi connectivity index (χ1v) is 7.62. The Morgan fingerprint density at radius 2 is 2.17 bits per heavy atom. The quantitative estimate of drug-likeness (QED) is 0.800. The number of carbonyl (C=O) groups excluding carboxylic acids is 1. The fourth-order valence-corrected chi connectivity index (χ4v) is 3.39. The molecule has 120 valence electrons. The van der Waals surface area contributed by atoms with Crippen LogP contribution in [0.1, 0.15) is 34.9 Å². The average molecular weight is 314 g/mol. The van der Waals surface area contributed by atoms with Gasteiger partial charge in [0.15, 0.2) is 11.5 Å². The van der Waals surface area contributed by atoms with Crippen LogP contribution in [0.4, 0.5) is 0 Å². The van der Waals surface area contributed by atoms with E-state index in [4.69, 9.17) is 9.47 Å². The van der Waals surface area contributed by atoms with Gasteiger partial charge in [-0.05, 0) is 18.9 Å². The number of hydrogen-bond donors (Lipinski definition) is 0. The van der Waals surface area contributed by atoms with E-state index in [1.807, 2.05) is 11.6 Å². The largest absolute Gasteiger partial charge is 0.464 e. The first-order chi connectivity index (χ1) is 11.1. The predicted octanol–water partition coefficient (Wildman–Crippen LogP) is 1.56. The first-order valence-electron chi connectivity index (χ1n) is 7.62. The molecule has 0 bridgehead atoms. The van der Waals surface area contributed by atoms with Gasteiger partial charge in [-0.25, -0.2) is 19.7 Å². The molecule has 3 heterocycles. The standard InChI is InChI=1S/C16H18N4O3/c1-20-9-17-6-13(20)14-18-11(3-12(19-14)15(21)22-2)10-4-16(5-10)7-23-8-16/h3,6,9-10H,4-5,7-8H2,1-2H3. The summed E-state index contributed by atoms with van der Waals surface area (Å²) < 4.78 is 12.0. The molecule has 2 aliphatic rings. The Morgan fingerprint density at radius 1 is 1.39 bits per heavy atom. The van der Waals surface area contributed by atoms with Crippen molar-refractivity contribution in [1.29, 1.82) is 0 Å². The smallest absolute Gasteiger partial charge is 0.356 e. The van der Waals surface area contributed by atoms with Crippen LogP contribution in [0, 0.1) is 5.41 Å². The molecule has 7 heteroatoms. The van der Waals surface area contributed by atoms with Crippen molar-refractivity contribution >= 4 is 5.97 Å². The van der Waals surface area contributed by atoms with Crippen molar-refractivity contribution in [3.63, 3.8) is 0 Å². The molecule has 23 heavy (non-hydrogen) atoms. The van der Waals surface area contributed by atoms with Crippen molar-refractivity contribution in [3.8, 4) is 11.5 Å². The van der Waals surface area contributed by atoms with E-state index in [0.29, 0.717) is 22.9 Å². The third-order valence-electron chi connectivity index (χ3n) is 4.78. The minimum absolute atomic E-state index is 0.291. The van der Waals surface area contributed by atoms with Crippen LogP contribution in [0.2, 0.25) is 0 Å². The third-order valence-corrected chi connectivity index (χ3v) is 4.78. The van der Waals surface area contributed by atoms with Gasteiger partial charge in [-0.1, -0.05) is 0 Å². The highest BCUT2D eigenvalue weighted by Gasteiger charge is 2.50. The molecule has 4 rings (SSSR count). The van der Waals surface area contributed by atoms with E-state index in [1.54, 1.807) is 18.6 Å². The van der Waals surface area contributed by atoms with Gasteiger partial charge in [-0.2, -0.15) is 0 Å². The molecule has 1 aliphatic carbocycles. The number of nitrogens with zero attached hydrogens (tertiary/aromatic N) is 4. The number of aryl methyl sites for hydroxylation is 1. The molecule has 1 saturated heterocycles. The van der Waals surface area contributed by atoms with E-state index in [-0.39, 0.29) is 0 Å². The molecule has 2 fully saturated rings. The lowest BCUT2D eigenvalue weighted by molar-refractivity contribution is -0.164. The second-order valence-corrected chi connectivity index (χ2v) is 6.48. The van der Waals surface area contributed by atoms with E-state index in [2.05, 4.69) is 15.0 Å². The molecule has 2 aromatic heterocycles. The Labute approximate surface area is 133 Å². The number of ether oxygens (including phenoxy) is 2. The topological polar surface area (TPSA) is 79.1 Å². The molecular weight excluding hydrogens is 296 g/mol. The summed E-state index contributed by atoms with van der Waals surface area (Å²) in [5.74, 6) is 0.407. The van der Waals surface area contributed by atoms with E-state index in [1.165, 1.54) is 7.11 Å². The normalized spacial score (nSPS) is 19.2. The van der Waals surface area contributed by atoms with Crippen LogP contribution in [-0.2, 0) is 16.5 Å². The maximum absolute atomic E-state index is 11.9. The van der Waals surface area contributed by atoms with Gasteiger partial charge in [-0.3, -0.25) is 0 Å². The van der Waals surface area contributed by atoms with E-state index < -0.39 is 5.97 Å². The summed E-state index contributed by atoms with van der Waals surface area (Å²) in [5, 5.41) is 0. The maximum atomic E-state index is 11.9. The zero-order chi connectivity index (χ0) is 16.0. The van der Waals surface area contributed by atoms with Crippen molar-refractivity contribution in [2.75, 3.05) is 20.3 Å². The van der Waals surface area contributed by atoms with Crippen LogP contribution >= 0.6 is 0 Å². The van der Waals surface area contributed by atoms with Crippen molar-refractivity contribution < 1.29 is 14.3 Å². The van der Waals surface area contributed by atoms with Gasteiger partial charge < -0.3 is 14.0 Å². The second kappa shape index (κ2) is 5.13. The van der Waals surface area contributed by atoms with Gasteiger partial charge in [0.1, 0.15) is 5.69 Å². The SMILES string of the molecule is COC(=O)c1cc(C2CC3(COC3)C2)nc(-c2cncn2C)n1. The van der Waals surface area contributed by atoms with Crippen LogP contribution < -0.4 is 0 Å². The van der Waals surface area contributed by atoms with Crippen LogP contribution in [0.15, 0.2) is 18.6 Å². The Bertz CT molecular complexity index is 758. The summed E-state index contributed by atoms with van der Waals surface area (Å²) in [6, 6.07) is 1.75. The van der Waals surface area contributed by atoms with Crippen LogP contribution in [0.5, 0.6) is 0 Å². The predicted molar refractivity (Wildman–Crippen MR) is 80.8 cm³/mol. The summed E-state index contributed by atoms with van der Waals surface area (Å²) in [5.41, 5.74) is 2.31. The Kier molecular flexibility index (Phi) is 3.19. The van der Waals surface area contributed by atoms with Crippen LogP contribution in [-0.4, -0.2) is 45.8 Å². The lowest BCUT2D eigenvalue weighted by Crippen LogP contribution is -2.51. The zero-order valence-electron chi connectivity index (χ0n) is 13.2. The van der Waals surface area contributed by atoms with Gasteiger partial charge in [0.2, 0.25) is 0 Å². The first kappa shape index (κ1) is 14.3. The van der Waals surface area contributed by atoms with Crippen molar-refractivity contribution in [1.82, 2.24) is 19.5 Å². The Balaban J connectivity index is 1.70. The fourth-order valence-electron chi connectivity index (χ4n) is 3.39. The number of carbonyl (C=O) groups is 1. The molecule has 0 amide bonds. The molecule has 0 N–H and O–H groups in total. The molecule has 7 nitrogen and oxygen atoms in total. The fraction of sp³-hybridized carbons (Fsp3) is 0.500. The molecule has 0 atom stereocenters. The number of imidazole rings is 1. The van der Waals surface area contributed by atoms with E-state index in [9.17, 15) is 4.79 Å². The lowest BCUT2D eigenvalue weighted by atomic mass is 9.60. The van der Waals surface area contributed by atoms with Gasteiger partial charge in [-0.15, -0.1) is 0 Å². The van der Waals surface area contributed by atoms with Gasteiger partial charge in [0.25, 0.3) is 0 Å². The number of aromatic nitrogens is 4. The summed E-state index contributed by atoms with van der Waals surface area (Å²) >= 11 is 0. The van der Waals surface area contributed by atoms with Gasteiger partial charge >= 0.3 is 5.97 Å². The highest BCUT2D eigenvalue weighted by molar-refractivity contribution is 5.87. The second-order valence-electron chi connectivity index (χ2n) is 6.48. The number of rotatable bonds is 3. The van der Waals surface area contributed by atoms with Gasteiger partial charge in [0.05, 0.1) is 32.8 Å². The van der Waals surface area contributed by atoms with Crippen molar-refractivity contribution in [3.05, 3.63) is 30.0 Å². The number of hydrogen-bond acceptors (Lipinski definition) is 6. The zero-order valence-corrected chi connectivity index (χ0v) is 13.2. The number of esters is 1. The Morgan fingerprint density at radius 3 is 2.74 bits per heavy atom.